The number of H-pyrrole nitrogens is 1. The van der Waals surface area contributed by atoms with Gasteiger partial charge < -0.3 is 9.84 Å². The van der Waals surface area contributed by atoms with Crippen LogP contribution in [0.3, 0.4) is 0 Å². The first-order valence-corrected chi connectivity index (χ1v) is 10.1. The standard InChI is InChI=1S/C18H13F7N2O4S/c1-8-6-17(21,22)14(28)4-9(32(29,30)18(23,24)25)2-3-12(8)31-13-5-11(19)15(20)16-10(13)7-26-27-16/h2-3,5,7,14,28H,1,4,6H2,(H,26,27)/b9-2+,12-3?. The van der Waals surface area contributed by atoms with Crippen molar-refractivity contribution >= 4 is 20.7 Å². The van der Waals surface area contributed by atoms with Gasteiger partial charge in [0, 0.05) is 18.9 Å². The first kappa shape index (κ1) is 23.8. The number of aromatic amines is 1. The van der Waals surface area contributed by atoms with Crippen LogP contribution in [0.4, 0.5) is 30.7 Å². The third-order valence-electron chi connectivity index (χ3n) is 4.56. The summed E-state index contributed by atoms with van der Waals surface area (Å²) in [6.45, 7) is 3.33. The van der Waals surface area contributed by atoms with Gasteiger partial charge in [0.15, 0.2) is 11.6 Å². The highest BCUT2D eigenvalue weighted by Crippen LogP contribution is 2.39. The molecule has 0 aliphatic heterocycles. The fraction of sp³-hybridized carbons (Fsp3) is 0.278. The second kappa shape index (κ2) is 7.92. The Balaban J connectivity index is 2.15. The molecule has 1 aliphatic carbocycles. The molecule has 1 aromatic carbocycles. The van der Waals surface area contributed by atoms with E-state index in [1.54, 1.807) is 0 Å². The predicted molar refractivity (Wildman–Crippen MR) is 97.1 cm³/mol. The van der Waals surface area contributed by atoms with Crippen LogP contribution in [-0.2, 0) is 9.84 Å². The number of nitrogens with one attached hydrogen (secondary N) is 1. The van der Waals surface area contributed by atoms with Crippen molar-refractivity contribution in [3.63, 3.8) is 0 Å². The Morgan fingerprint density at radius 1 is 1.25 bits per heavy atom. The number of allylic oxidation sites excluding steroid dienone is 3. The highest BCUT2D eigenvalue weighted by atomic mass is 32.2. The van der Waals surface area contributed by atoms with Crippen molar-refractivity contribution in [1.29, 1.82) is 0 Å². The number of aromatic nitrogens is 2. The minimum Gasteiger partial charge on any atom is -0.456 e. The first-order chi connectivity index (χ1) is 14.6. The van der Waals surface area contributed by atoms with Crippen LogP contribution in [0.2, 0.25) is 0 Å². The van der Waals surface area contributed by atoms with Gasteiger partial charge in [-0.15, -0.1) is 0 Å². The van der Waals surface area contributed by atoms with Gasteiger partial charge >= 0.3 is 5.51 Å². The molecule has 1 heterocycles. The fourth-order valence-electron chi connectivity index (χ4n) is 2.86. The molecular formula is C18H13F7N2O4S. The predicted octanol–water partition coefficient (Wildman–Crippen LogP) is 4.27. The SMILES string of the molecule is C=C1CC(F)(F)C(O)C/C(S(=O)(=O)C(F)(F)F)=C\C=C1Oc1cc(F)c(F)c2[nH]ncc12. The normalized spacial score (nSPS) is 21.9. The Bertz CT molecular complexity index is 1250. The molecule has 0 amide bonds. The quantitative estimate of drug-likeness (QED) is 0.633. The van der Waals surface area contributed by atoms with Gasteiger partial charge in [0.2, 0.25) is 0 Å². The van der Waals surface area contributed by atoms with Gasteiger partial charge in [0.1, 0.15) is 23.1 Å². The highest BCUT2D eigenvalue weighted by molar-refractivity contribution is 7.96. The number of sulfone groups is 1. The Morgan fingerprint density at radius 3 is 2.53 bits per heavy atom. The minimum atomic E-state index is -6.08. The second-order valence-corrected chi connectivity index (χ2v) is 8.80. The Kier molecular flexibility index (Phi) is 5.89. The summed E-state index contributed by atoms with van der Waals surface area (Å²) < 4.78 is 124. The second-order valence-electron chi connectivity index (χ2n) is 6.81. The topological polar surface area (TPSA) is 92.3 Å². The van der Waals surface area contributed by atoms with Crippen molar-refractivity contribution < 1.29 is 49.0 Å². The van der Waals surface area contributed by atoms with E-state index in [4.69, 9.17) is 4.74 Å². The fourth-order valence-corrected chi connectivity index (χ4v) is 3.78. The van der Waals surface area contributed by atoms with Gasteiger partial charge in [-0.2, -0.15) is 18.3 Å². The van der Waals surface area contributed by atoms with E-state index in [-0.39, 0.29) is 5.39 Å². The number of ether oxygens (including phenoxy) is 1. The molecule has 2 N–H and O–H groups in total. The number of rotatable bonds is 3. The van der Waals surface area contributed by atoms with E-state index < -0.39 is 79.4 Å². The summed E-state index contributed by atoms with van der Waals surface area (Å²) in [7, 11) is -6.08. The molecule has 0 bridgehead atoms. The smallest absolute Gasteiger partial charge is 0.456 e. The molecule has 0 saturated carbocycles. The van der Waals surface area contributed by atoms with E-state index in [1.807, 2.05) is 0 Å². The summed E-state index contributed by atoms with van der Waals surface area (Å²) >= 11 is 0. The lowest BCUT2D eigenvalue weighted by atomic mass is 10.0. The van der Waals surface area contributed by atoms with Crippen LogP contribution in [0, 0.1) is 11.6 Å². The number of halogens is 7. The van der Waals surface area contributed by atoms with Crippen LogP contribution in [0.15, 0.2) is 47.2 Å². The van der Waals surface area contributed by atoms with Crippen LogP contribution < -0.4 is 4.74 Å². The lowest BCUT2D eigenvalue weighted by Crippen LogP contribution is -2.36. The summed E-state index contributed by atoms with van der Waals surface area (Å²) in [6, 6.07) is 0.540. The summed E-state index contributed by atoms with van der Waals surface area (Å²) in [5.74, 6) is -7.95. The van der Waals surface area contributed by atoms with Gasteiger partial charge in [0.25, 0.3) is 15.8 Å². The summed E-state index contributed by atoms with van der Waals surface area (Å²) in [5.41, 5.74) is -6.82. The Morgan fingerprint density at radius 2 is 1.91 bits per heavy atom. The molecule has 2 aromatic rings. The maximum Gasteiger partial charge on any atom is 0.501 e. The molecule has 174 valence electrons. The van der Waals surface area contributed by atoms with Crippen LogP contribution in [0.1, 0.15) is 12.8 Å². The van der Waals surface area contributed by atoms with Gasteiger partial charge in [-0.25, -0.2) is 26.0 Å². The van der Waals surface area contributed by atoms with Crippen LogP contribution in [-0.4, -0.2) is 41.3 Å². The van der Waals surface area contributed by atoms with Crippen LogP contribution >= 0.6 is 0 Å². The minimum absolute atomic E-state index is 0.142. The summed E-state index contributed by atoms with van der Waals surface area (Å²) in [5, 5.41) is 15.2. The van der Waals surface area contributed by atoms with Crippen molar-refractivity contribution in [3.8, 4) is 5.75 Å². The van der Waals surface area contributed by atoms with Gasteiger partial charge in [-0.05, 0) is 17.7 Å². The lowest BCUT2D eigenvalue weighted by Gasteiger charge is -2.24. The maximum atomic E-state index is 14.3. The molecule has 32 heavy (non-hydrogen) atoms. The number of nitrogens with zero attached hydrogens (tertiary/aromatic N) is 1. The summed E-state index contributed by atoms with van der Waals surface area (Å²) in [4.78, 5) is -1.55. The maximum absolute atomic E-state index is 14.3. The zero-order chi connectivity index (χ0) is 24.1. The number of alkyl halides is 5. The van der Waals surface area contributed by atoms with Crippen molar-refractivity contribution in [2.45, 2.75) is 30.4 Å². The molecule has 3 rings (SSSR count). The van der Waals surface area contributed by atoms with E-state index in [0.717, 1.165) is 6.20 Å². The third kappa shape index (κ3) is 4.24. The number of aliphatic hydroxyl groups excluding tert-OH is 1. The molecule has 0 fully saturated rings. The molecule has 14 heteroatoms. The average Bonchev–Trinajstić information content (AvgIpc) is 3.16. The molecule has 1 aromatic heterocycles. The Labute approximate surface area is 175 Å². The molecule has 0 radical (unpaired) electrons. The third-order valence-corrected chi connectivity index (χ3v) is 6.16. The number of hydrogen-bond donors (Lipinski definition) is 2. The zero-order valence-corrected chi connectivity index (χ0v) is 16.5. The van der Waals surface area contributed by atoms with Crippen molar-refractivity contribution in [1.82, 2.24) is 10.2 Å². The average molecular weight is 486 g/mol. The largest absolute Gasteiger partial charge is 0.501 e. The van der Waals surface area contributed by atoms with E-state index >= 15 is 0 Å². The molecule has 1 unspecified atom stereocenters. The lowest BCUT2D eigenvalue weighted by molar-refractivity contribution is -0.105. The van der Waals surface area contributed by atoms with Gasteiger partial charge in [0.05, 0.1) is 16.5 Å². The van der Waals surface area contributed by atoms with E-state index in [0.29, 0.717) is 18.2 Å². The van der Waals surface area contributed by atoms with E-state index in [1.165, 1.54) is 0 Å². The molecule has 6 nitrogen and oxygen atoms in total. The molecule has 1 atom stereocenters. The summed E-state index contributed by atoms with van der Waals surface area (Å²) in [6.07, 6.45) is -3.70. The number of hydrogen-bond acceptors (Lipinski definition) is 5. The Hall–Kier alpha value is -2.87. The molecule has 0 saturated heterocycles. The van der Waals surface area contributed by atoms with Crippen LogP contribution in [0.25, 0.3) is 10.9 Å². The van der Waals surface area contributed by atoms with Gasteiger partial charge in [-0.1, -0.05) is 6.58 Å². The molecule has 1 aliphatic rings. The highest BCUT2D eigenvalue weighted by Gasteiger charge is 2.50. The van der Waals surface area contributed by atoms with Crippen LogP contribution in [0.5, 0.6) is 5.75 Å². The molecule has 0 spiro atoms. The van der Waals surface area contributed by atoms with E-state index in [2.05, 4.69) is 16.8 Å². The number of aliphatic hydroxyl groups is 1. The molecular weight excluding hydrogens is 473 g/mol. The van der Waals surface area contributed by atoms with E-state index in [9.17, 15) is 44.3 Å². The van der Waals surface area contributed by atoms with Crippen molar-refractivity contribution in [2.75, 3.05) is 0 Å². The number of benzene rings is 1. The number of fused-ring (bicyclic) bond motifs is 1. The van der Waals surface area contributed by atoms with Crippen molar-refractivity contribution in [2.24, 2.45) is 0 Å². The monoisotopic (exact) mass is 486 g/mol. The van der Waals surface area contributed by atoms with Gasteiger partial charge in [-0.3, -0.25) is 5.10 Å². The zero-order valence-electron chi connectivity index (χ0n) is 15.7. The first-order valence-electron chi connectivity index (χ1n) is 8.60. The van der Waals surface area contributed by atoms with Crippen molar-refractivity contribution in [3.05, 3.63) is 58.9 Å².